The molecule has 0 aliphatic carbocycles. The molecule has 0 saturated carbocycles. The number of thiazole rings is 1. The van der Waals surface area contributed by atoms with Crippen molar-refractivity contribution in [3.05, 3.63) is 46.5 Å². The van der Waals surface area contributed by atoms with E-state index < -0.39 is 5.97 Å². The molecule has 0 fully saturated rings. The first-order valence-electron chi connectivity index (χ1n) is 6.18. The van der Waals surface area contributed by atoms with Crippen LogP contribution in [0.2, 0.25) is 0 Å². The van der Waals surface area contributed by atoms with E-state index in [9.17, 15) is 9.59 Å². The lowest BCUT2D eigenvalue weighted by atomic mass is 10.1. The Morgan fingerprint density at radius 1 is 1.41 bits per heavy atom. The second-order valence-electron chi connectivity index (χ2n) is 4.23. The van der Waals surface area contributed by atoms with Crippen molar-refractivity contribution in [3.8, 4) is 0 Å². The van der Waals surface area contributed by atoms with E-state index in [-0.39, 0.29) is 24.4 Å². The average molecular weight is 318 g/mol. The Morgan fingerprint density at radius 2 is 2.14 bits per heavy atom. The van der Waals surface area contributed by atoms with Crippen LogP contribution in [0, 0.1) is 0 Å². The van der Waals surface area contributed by atoms with Crippen LogP contribution in [-0.4, -0.2) is 28.1 Å². The zero-order chi connectivity index (χ0) is 15.9. The number of carbonyl (C=O) groups is 1. The lowest BCUT2D eigenvalue weighted by Gasteiger charge is -2.06. The maximum atomic E-state index is 10.9. The third-order valence-electron chi connectivity index (χ3n) is 2.70. The Morgan fingerprint density at radius 3 is 2.73 bits per heavy atom. The fourth-order valence-electron chi connectivity index (χ4n) is 1.71. The van der Waals surface area contributed by atoms with Crippen LogP contribution < -0.4 is 5.73 Å². The number of nitrogens with zero attached hydrogens (tertiary/aromatic N) is 2. The van der Waals surface area contributed by atoms with Gasteiger partial charge in [-0.2, -0.15) is 0 Å². The summed E-state index contributed by atoms with van der Waals surface area (Å²) in [7, 11) is 0. The van der Waals surface area contributed by atoms with Crippen LogP contribution in [0.15, 0.2) is 34.8 Å². The molecule has 0 atom stereocenters. The quantitative estimate of drug-likeness (QED) is 0.589. The van der Waals surface area contributed by atoms with Crippen LogP contribution in [0.3, 0.4) is 0 Å². The van der Waals surface area contributed by atoms with Crippen LogP contribution >= 0.6 is 11.3 Å². The molecule has 2 aromatic rings. The number of nitrogens with two attached hydrogens (primary N) is 1. The van der Waals surface area contributed by atoms with Gasteiger partial charge in [0.1, 0.15) is 12.3 Å². The highest BCUT2D eigenvalue weighted by Gasteiger charge is 2.10. The first-order valence-corrected chi connectivity index (χ1v) is 7.06. The highest BCUT2D eigenvalue weighted by atomic mass is 32.1. The van der Waals surface area contributed by atoms with Crippen LogP contribution in [0.1, 0.15) is 16.8 Å². The molecule has 3 N–H and O–H groups in total. The molecule has 0 amide bonds. The molecule has 0 spiro atoms. The normalized spacial score (nSPS) is 11.2. The molecule has 0 aliphatic heterocycles. The van der Waals surface area contributed by atoms with E-state index in [1.807, 2.05) is 0 Å². The second kappa shape index (κ2) is 7.32. The van der Waals surface area contributed by atoms with Crippen LogP contribution in [0.25, 0.3) is 0 Å². The Labute approximate surface area is 130 Å². The molecule has 113 valence electrons. The smallest absolute Gasteiger partial charge is 0.307 e. The monoisotopic (exact) mass is 318 g/mol. The molecule has 2 rings (SSSR count). The van der Waals surface area contributed by atoms with Crippen molar-refractivity contribution in [2.45, 2.75) is 13.0 Å². The summed E-state index contributed by atoms with van der Waals surface area (Å²) in [6, 6.07) is 6.94. The van der Waals surface area contributed by atoms with Crippen molar-refractivity contribution in [1.82, 2.24) is 4.98 Å². The van der Waals surface area contributed by atoms with Gasteiger partial charge >= 0.3 is 5.97 Å². The van der Waals surface area contributed by atoms with E-state index in [0.29, 0.717) is 16.3 Å². The predicted molar refractivity (Wildman–Crippen MR) is 81.3 cm³/mol. The highest BCUT2D eigenvalue weighted by molar-refractivity contribution is 7.13. The van der Waals surface area contributed by atoms with Gasteiger partial charge in [0, 0.05) is 5.38 Å². The van der Waals surface area contributed by atoms with Crippen molar-refractivity contribution in [3.63, 3.8) is 0 Å². The first kappa shape index (κ1) is 15.6. The summed E-state index contributed by atoms with van der Waals surface area (Å²) < 4.78 is 0. The fourth-order valence-corrected chi connectivity index (χ4v) is 2.26. The third-order valence-corrected chi connectivity index (χ3v) is 3.37. The van der Waals surface area contributed by atoms with E-state index in [1.54, 1.807) is 35.9 Å². The number of anilines is 1. The Balaban J connectivity index is 2.08. The number of aromatic nitrogens is 1. The van der Waals surface area contributed by atoms with E-state index in [0.717, 1.165) is 0 Å². The van der Waals surface area contributed by atoms with Gasteiger partial charge in [-0.1, -0.05) is 29.4 Å². The maximum Gasteiger partial charge on any atom is 0.307 e. The van der Waals surface area contributed by atoms with Crippen molar-refractivity contribution >= 4 is 34.4 Å². The third kappa shape index (κ3) is 4.13. The number of carbonyl (C=O) groups excluding carboxylic acids is 1. The van der Waals surface area contributed by atoms with Gasteiger partial charge in [-0.3, -0.25) is 9.59 Å². The fraction of sp³-hybridized carbons (Fsp3) is 0.143. The zero-order valence-corrected chi connectivity index (χ0v) is 12.2. The molecule has 1 aromatic carbocycles. The Hall–Kier alpha value is -2.74. The summed E-state index contributed by atoms with van der Waals surface area (Å²) in [4.78, 5) is 30.7. The van der Waals surface area contributed by atoms with Crippen molar-refractivity contribution < 1.29 is 19.5 Å². The van der Waals surface area contributed by atoms with Gasteiger partial charge in [0.15, 0.2) is 10.8 Å². The number of benzene rings is 1. The molecule has 22 heavy (non-hydrogen) atoms. The van der Waals surface area contributed by atoms with Crippen molar-refractivity contribution in [1.29, 1.82) is 0 Å². The van der Waals surface area contributed by atoms with E-state index in [2.05, 4.69) is 10.1 Å². The number of hydrogen-bond donors (Lipinski definition) is 2. The predicted octanol–water partition coefficient (Wildman–Crippen LogP) is 1.38. The molecule has 1 heterocycles. The number of carboxylic acid groups (broad SMARTS) is 1. The number of aliphatic carboxylic acids is 1. The van der Waals surface area contributed by atoms with Gasteiger partial charge < -0.3 is 15.7 Å². The lowest BCUT2D eigenvalue weighted by Crippen LogP contribution is -2.06. The van der Waals surface area contributed by atoms with E-state index in [4.69, 9.17) is 15.7 Å². The van der Waals surface area contributed by atoms with Gasteiger partial charge in [0.05, 0.1) is 6.42 Å². The number of rotatable bonds is 7. The number of nitrogen functional groups attached to an aromatic ring is 1. The van der Waals surface area contributed by atoms with Gasteiger partial charge in [-0.15, -0.1) is 11.3 Å². The molecule has 0 saturated heterocycles. The minimum absolute atomic E-state index is 0.0360. The summed E-state index contributed by atoms with van der Waals surface area (Å²) >= 11 is 1.17. The van der Waals surface area contributed by atoms with Gasteiger partial charge in [0.2, 0.25) is 0 Å². The highest BCUT2D eigenvalue weighted by Crippen LogP contribution is 2.13. The largest absolute Gasteiger partial charge is 0.481 e. The average Bonchev–Trinajstić information content (AvgIpc) is 2.91. The van der Waals surface area contributed by atoms with E-state index >= 15 is 0 Å². The maximum absolute atomic E-state index is 10.9. The molecule has 0 bridgehead atoms. The Bertz CT molecular complexity index is 712. The standard InChI is InChI=1S/C14H12N3O4S/c15-14-16-12(8-22-14)11(6-18)17-21-7-10-4-2-1-3-9(10)5-13(19)20/h1-4,8H,5,7H2,(H2,15,16)(H,19,20). The molecule has 1 radical (unpaired) electrons. The van der Waals surface area contributed by atoms with Gasteiger partial charge in [0.25, 0.3) is 6.29 Å². The summed E-state index contributed by atoms with van der Waals surface area (Å²) in [5.74, 6) is -0.934. The van der Waals surface area contributed by atoms with Crippen LogP contribution in [-0.2, 0) is 27.5 Å². The molecule has 1 aromatic heterocycles. The van der Waals surface area contributed by atoms with Crippen molar-refractivity contribution in [2.24, 2.45) is 5.16 Å². The summed E-state index contributed by atoms with van der Waals surface area (Å²) in [5, 5.41) is 14.4. The summed E-state index contributed by atoms with van der Waals surface area (Å²) in [5.41, 5.74) is 6.98. The van der Waals surface area contributed by atoms with Crippen molar-refractivity contribution in [2.75, 3.05) is 5.73 Å². The molecule has 0 aliphatic rings. The van der Waals surface area contributed by atoms with Crippen LogP contribution in [0.5, 0.6) is 0 Å². The minimum Gasteiger partial charge on any atom is -0.481 e. The number of oxime groups is 1. The number of hydrogen-bond acceptors (Lipinski definition) is 7. The zero-order valence-electron chi connectivity index (χ0n) is 11.4. The molecule has 8 heteroatoms. The van der Waals surface area contributed by atoms with Gasteiger partial charge in [-0.25, -0.2) is 4.98 Å². The molecule has 7 nitrogen and oxygen atoms in total. The molecular formula is C14H12N3O4S. The SMILES string of the molecule is Nc1nc(C([C]=O)=NOCc2ccccc2CC(=O)O)cs1. The molecular weight excluding hydrogens is 306 g/mol. The van der Waals surface area contributed by atoms with Crippen LogP contribution in [0.4, 0.5) is 5.13 Å². The minimum atomic E-state index is -0.934. The summed E-state index contributed by atoms with van der Waals surface area (Å²) in [6.07, 6.45) is 1.52. The van der Waals surface area contributed by atoms with E-state index in [1.165, 1.54) is 11.3 Å². The topological polar surface area (TPSA) is 115 Å². The summed E-state index contributed by atoms with van der Waals surface area (Å²) in [6.45, 7) is 0.0360. The lowest BCUT2D eigenvalue weighted by molar-refractivity contribution is -0.136. The number of carboxylic acids is 1. The molecule has 0 unspecified atom stereocenters. The second-order valence-corrected chi connectivity index (χ2v) is 5.12. The van der Waals surface area contributed by atoms with Gasteiger partial charge in [-0.05, 0) is 11.1 Å². The Kier molecular flexibility index (Phi) is 5.21. The first-order chi connectivity index (χ1) is 10.6.